The minimum Gasteiger partial charge on any atom is -0.212 e. The lowest BCUT2D eigenvalue weighted by molar-refractivity contribution is 0.582. The normalized spacial score (nSPS) is 14.0. The van der Waals surface area contributed by atoms with E-state index in [1.54, 1.807) is 6.08 Å². The number of hydrogen-bond acceptors (Lipinski definition) is 0. The SMILES string of the molecule is CC.CC1=CC=C(F)CC1.CCC. The molecule has 13 heavy (non-hydrogen) atoms. The maximum Gasteiger partial charge on any atom is 0.100 e. The van der Waals surface area contributed by atoms with E-state index in [9.17, 15) is 4.39 Å². The second-order valence-electron chi connectivity index (χ2n) is 2.83. The topological polar surface area (TPSA) is 0 Å². The molecule has 0 saturated carbocycles. The lowest BCUT2D eigenvalue weighted by atomic mass is 10.1. The third-order valence-electron chi connectivity index (χ3n) is 1.31. The Balaban J connectivity index is 0. The van der Waals surface area contributed by atoms with Crippen molar-refractivity contribution in [3.63, 3.8) is 0 Å². The van der Waals surface area contributed by atoms with Crippen LogP contribution in [-0.4, -0.2) is 0 Å². The Morgan fingerprint density at radius 2 is 1.62 bits per heavy atom. The minimum absolute atomic E-state index is 0.00981. The summed E-state index contributed by atoms with van der Waals surface area (Å²) in [7, 11) is 0. The van der Waals surface area contributed by atoms with Crippen LogP contribution >= 0.6 is 0 Å². The Bertz CT molecular complexity index is 137. The molecule has 0 heterocycles. The van der Waals surface area contributed by atoms with Crippen LogP contribution in [0.4, 0.5) is 4.39 Å². The van der Waals surface area contributed by atoms with Crippen LogP contribution in [0, 0.1) is 0 Å². The minimum atomic E-state index is 0.00981. The van der Waals surface area contributed by atoms with Crippen LogP contribution < -0.4 is 0 Å². The molecule has 0 aliphatic heterocycles. The van der Waals surface area contributed by atoms with Crippen LogP contribution in [0.1, 0.15) is 53.9 Å². The second-order valence-corrected chi connectivity index (χ2v) is 2.83. The van der Waals surface area contributed by atoms with Gasteiger partial charge in [0.25, 0.3) is 0 Å². The van der Waals surface area contributed by atoms with Gasteiger partial charge in [-0.15, -0.1) is 0 Å². The summed E-state index contributed by atoms with van der Waals surface area (Å²) in [5, 5.41) is 0. The van der Waals surface area contributed by atoms with Crippen LogP contribution in [-0.2, 0) is 0 Å². The highest BCUT2D eigenvalue weighted by Crippen LogP contribution is 2.17. The van der Waals surface area contributed by atoms with Crippen molar-refractivity contribution in [1.82, 2.24) is 0 Å². The summed E-state index contributed by atoms with van der Waals surface area (Å²) in [5.41, 5.74) is 1.27. The molecule has 78 valence electrons. The van der Waals surface area contributed by atoms with Gasteiger partial charge >= 0.3 is 0 Å². The molecule has 0 bridgehead atoms. The molecule has 1 aliphatic rings. The first kappa shape index (κ1) is 14.9. The van der Waals surface area contributed by atoms with Gasteiger partial charge in [0.1, 0.15) is 5.83 Å². The molecule has 0 atom stereocenters. The van der Waals surface area contributed by atoms with E-state index in [1.807, 2.05) is 26.8 Å². The Labute approximate surface area is 82.5 Å². The van der Waals surface area contributed by atoms with E-state index in [2.05, 4.69) is 13.8 Å². The first-order chi connectivity index (χ1) is 6.20. The monoisotopic (exact) mass is 186 g/mol. The Morgan fingerprint density at radius 3 is 1.85 bits per heavy atom. The van der Waals surface area contributed by atoms with Gasteiger partial charge in [-0.05, 0) is 19.4 Å². The average Bonchev–Trinajstić information content (AvgIpc) is 2.15. The van der Waals surface area contributed by atoms with Gasteiger partial charge < -0.3 is 0 Å². The van der Waals surface area contributed by atoms with Gasteiger partial charge in [0, 0.05) is 6.42 Å². The molecule has 0 spiro atoms. The lowest BCUT2D eigenvalue weighted by Gasteiger charge is -2.02. The van der Waals surface area contributed by atoms with Crippen molar-refractivity contribution in [2.24, 2.45) is 0 Å². The lowest BCUT2D eigenvalue weighted by Crippen LogP contribution is -1.84. The summed E-state index contributed by atoms with van der Waals surface area (Å²) in [4.78, 5) is 0. The number of halogens is 1. The van der Waals surface area contributed by atoms with Crippen molar-refractivity contribution >= 4 is 0 Å². The van der Waals surface area contributed by atoms with Crippen molar-refractivity contribution in [2.75, 3.05) is 0 Å². The van der Waals surface area contributed by atoms with E-state index in [1.165, 1.54) is 12.0 Å². The molecule has 1 aliphatic carbocycles. The number of hydrogen-bond donors (Lipinski definition) is 0. The summed E-state index contributed by atoms with van der Waals surface area (Å²) < 4.78 is 12.2. The molecule has 0 aromatic heterocycles. The summed E-state index contributed by atoms with van der Waals surface area (Å²) in [5.74, 6) is 0.00981. The molecule has 1 rings (SSSR count). The molecule has 0 fully saturated rings. The highest BCUT2D eigenvalue weighted by molar-refractivity contribution is 5.18. The largest absolute Gasteiger partial charge is 0.212 e. The zero-order chi connectivity index (χ0) is 10.7. The molecular weight excluding hydrogens is 163 g/mol. The van der Waals surface area contributed by atoms with Crippen LogP contribution in [0.3, 0.4) is 0 Å². The van der Waals surface area contributed by atoms with Crippen LogP contribution in [0.15, 0.2) is 23.6 Å². The summed E-state index contributed by atoms with van der Waals surface area (Å²) in [6.07, 6.45) is 6.11. The Hall–Kier alpha value is -0.590. The molecule has 0 aromatic rings. The molecule has 1 heteroatoms. The van der Waals surface area contributed by atoms with Crippen molar-refractivity contribution < 1.29 is 4.39 Å². The highest BCUT2D eigenvalue weighted by atomic mass is 19.1. The van der Waals surface area contributed by atoms with E-state index < -0.39 is 0 Å². The van der Waals surface area contributed by atoms with Crippen LogP contribution in [0.25, 0.3) is 0 Å². The van der Waals surface area contributed by atoms with E-state index >= 15 is 0 Å². The first-order valence-corrected chi connectivity index (χ1v) is 5.22. The standard InChI is InChI=1S/C7H9F.C3H8.C2H6/c1-6-2-4-7(8)5-3-6;1-3-2;1-2/h2,4H,3,5H2,1H3;3H2,1-2H3;1-2H3. The molecule has 0 saturated heterocycles. The van der Waals surface area contributed by atoms with E-state index in [0.717, 1.165) is 6.42 Å². The van der Waals surface area contributed by atoms with Crippen LogP contribution in [0.5, 0.6) is 0 Å². The Morgan fingerprint density at radius 1 is 1.15 bits per heavy atom. The number of rotatable bonds is 0. The number of allylic oxidation sites excluding steroid dienone is 4. The van der Waals surface area contributed by atoms with E-state index in [4.69, 9.17) is 0 Å². The van der Waals surface area contributed by atoms with Gasteiger partial charge in [0.05, 0.1) is 0 Å². The fourth-order valence-corrected chi connectivity index (χ4v) is 0.716. The van der Waals surface area contributed by atoms with Crippen LogP contribution in [0.2, 0.25) is 0 Å². The zero-order valence-electron chi connectivity index (χ0n) is 9.65. The van der Waals surface area contributed by atoms with Crippen molar-refractivity contribution in [3.8, 4) is 0 Å². The average molecular weight is 186 g/mol. The van der Waals surface area contributed by atoms with Gasteiger partial charge in [-0.1, -0.05) is 45.8 Å². The summed E-state index contributed by atoms with van der Waals surface area (Å²) in [6.45, 7) is 10.3. The molecule has 0 radical (unpaired) electrons. The van der Waals surface area contributed by atoms with E-state index in [-0.39, 0.29) is 5.83 Å². The van der Waals surface area contributed by atoms with Gasteiger partial charge in [-0.25, -0.2) is 4.39 Å². The second kappa shape index (κ2) is 11.4. The Kier molecular flexibility index (Phi) is 13.1. The van der Waals surface area contributed by atoms with E-state index in [0.29, 0.717) is 6.42 Å². The molecule has 0 nitrogen and oxygen atoms in total. The quantitative estimate of drug-likeness (QED) is 0.498. The predicted octanol–water partition coefficient (Wildman–Crippen LogP) is 5.02. The maximum atomic E-state index is 12.2. The van der Waals surface area contributed by atoms with Crippen molar-refractivity contribution in [1.29, 1.82) is 0 Å². The molecule has 0 amide bonds. The third kappa shape index (κ3) is 11.4. The summed E-state index contributed by atoms with van der Waals surface area (Å²) in [6, 6.07) is 0. The highest BCUT2D eigenvalue weighted by Gasteiger charge is 1.99. The third-order valence-corrected chi connectivity index (χ3v) is 1.31. The molecule has 0 aromatic carbocycles. The van der Waals surface area contributed by atoms with Crippen molar-refractivity contribution in [3.05, 3.63) is 23.6 Å². The van der Waals surface area contributed by atoms with Gasteiger partial charge in [0.15, 0.2) is 0 Å². The molecule has 0 N–H and O–H groups in total. The van der Waals surface area contributed by atoms with Gasteiger partial charge in [0.2, 0.25) is 0 Å². The first-order valence-electron chi connectivity index (χ1n) is 5.22. The molecular formula is C12H23F. The van der Waals surface area contributed by atoms with Gasteiger partial charge in [-0.2, -0.15) is 0 Å². The fourth-order valence-electron chi connectivity index (χ4n) is 0.716. The molecule has 0 unspecified atom stereocenters. The smallest absolute Gasteiger partial charge is 0.100 e. The van der Waals surface area contributed by atoms with Gasteiger partial charge in [-0.3, -0.25) is 0 Å². The predicted molar refractivity (Wildman–Crippen MR) is 59.5 cm³/mol. The maximum absolute atomic E-state index is 12.2. The van der Waals surface area contributed by atoms with Crippen molar-refractivity contribution in [2.45, 2.75) is 53.9 Å². The summed E-state index contributed by atoms with van der Waals surface area (Å²) >= 11 is 0. The zero-order valence-corrected chi connectivity index (χ0v) is 9.65. The fraction of sp³-hybridized carbons (Fsp3) is 0.667.